The first kappa shape index (κ1) is 14.1. The van der Waals surface area contributed by atoms with Crippen LogP contribution in [-0.2, 0) is 4.79 Å². The molecular formula is C17H16BrNO2. The molecule has 3 nitrogen and oxygen atoms in total. The van der Waals surface area contributed by atoms with Crippen LogP contribution in [-0.4, -0.2) is 11.1 Å². The quantitative estimate of drug-likeness (QED) is 0.834. The maximum absolute atomic E-state index is 11.6. The van der Waals surface area contributed by atoms with Gasteiger partial charge in [0.1, 0.15) is 0 Å². The Bertz CT molecular complexity index is 667. The van der Waals surface area contributed by atoms with Crippen molar-refractivity contribution in [2.24, 2.45) is 0 Å². The van der Waals surface area contributed by atoms with Crippen LogP contribution in [0.3, 0.4) is 0 Å². The van der Waals surface area contributed by atoms with Gasteiger partial charge in [0.2, 0.25) is 0 Å². The van der Waals surface area contributed by atoms with Crippen LogP contribution in [0, 0.1) is 0 Å². The highest BCUT2D eigenvalue weighted by molar-refractivity contribution is 9.10. The molecule has 1 saturated carbocycles. The van der Waals surface area contributed by atoms with E-state index in [9.17, 15) is 9.90 Å². The standard InChI is InChI=1S/C17H16BrNO2/c18-14-6-1-2-7-15(14)19-16(17(20)21)13-5-3-4-12(10-13)11-8-9-11/h1-7,10-11,16,19H,8-9H2,(H,20,21). The fourth-order valence-electron chi connectivity index (χ4n) is 2.43. The lowest BCUT2D eigenvalue weighted by atomic mass is 10.0. The summed E-state index contributed by atoms with van der Waals surface area (Å²) in [5.74, 6) is -0.262. The van der Waals surface area contributed by atoms with E-state index >= 15 is 0 Å². The van der Waals surface area contributed by atoms with Gasteiger partial charge in [-0.15, -0.1) is 0 Å². The van der Waals surface area contributed by atoms with Gasteiger partial charge in [-0.1, -0.05) is 36.4 Å². The third kappa shape index (κ3) is 3.27. The number of hydrogen-bond acceptors (Lipinski definition) is 2. The van der Waals surface area contributed by atoms with Crippen LogP contribution >= 0.6 is 15.9 Å². The summed E-state index contributed by atoms with van der Waals surface area (Å²) in [5.41, 5.74) is 2.82. The smallest absolute Gasteiger partial charge is 0.330 e. The number of halogens is 1. The lowest BCUT2D eigenvalue weighted by Crippen LogP contribution is -2.20. The van der Waals surface area contributed by atoms with Crippen LogP contribution in [0.15, 0.2) is 53.0 Å². The summed E-state index contributed by atoms with van der Waals surface area (Å²) < 4.78 is 0.856. The molecule has 1 aliphatic carbocycles. The molecule has 0 saturated heterocycles. The van der Waals surface area contributed by atoms with E-state index in [1.54, 1.807) is 0 Å². The fraction of sp³-hybridized carbons (Fsp3) is 0.235. The monoisotopic (exact) mass is 345 g/mol. The Hall–Kier alpha value is -1.81. The molecule has 0 bridgehead atoms. The predicted molar refractivity (Wildman–Crippen MR) is 86.6 cm³/mol. The Morgan fingerprint density at radius 2 is 1.95 bits per heavy atom. The molecule has 21 heavy (non-hydrogen) atoms. The Morgan fingerprint density at radius 1 is 1.19 bits per heavy atom. The van der Waals surface area contributed by atoms with Crippen LogP contribution < -0.4 is 5.32 Å². The van der Waals surface area contributed by atoms with E-state index in [0.29, 0.717) is 5.92 Å². The number of aliphatic carboxylic acids is 1. The third-order valence-electron chi connectivity index (χ3n) is 3.71. The minimum absolute atomic E-state index is 0.614. The first-order chi connectivity index (χ1) is 10.1. The van der Waals surface area contributed by atoms with Crippen LogP contribution in [0.4, 0.5) is 5.69 Å². The van der Waals surface area contributed by atoms with Gasteiger partial charge in [-0.3, -0.25) is 0 Å². The van der Waals surface area contributed by atoms with Crippen molar-refractivity contribution in [1.29, 1.82) is 0 Å². The number of carboxylic acid groups (broad SMARTS) is 1. The highest BCUT2D eigenvalue weighted by Crippen LogP contribution is 2.40. The van der Waals surface area contributed by atoms with E-state index < -0.39 is 12.0 Å². The molecule has 1 atom stereocenters. The molecule has 1 fully saturated rings. The summed E-state index contributed by atoms with van der Waals surface area (Å²) in [7, 11) is 0. The van der Waals surface area contributed by atoms with E-state index in [1.165, 1.54) is 18.4 Å². The van der Waals surface area contributed by atoms with Crippen molar-refractivity contribution < 1.29 is 9.90 Å². The van der Waals surface area contributed by atoms with E-state index in [0.717, 1.165) is 15.7 Å². The minimum Gasteiger partial charge on any atom is -0.479 e. The summed E-state index contributed by atoms with van der Waals surface area (Å²) in [6, 6.07) is 14.7. The van der Waals surface area contributed by atoms with Crippen LogP contribution in [0.5, 0.6) is 0 Å². The fourth-order valence-corrected chi connectivity index (χ4v) is 2.83. The zero-order valence-electron chi connectivity index (χ0n) is 11.4. The highest BCUT2D eigenvalue weighted by Gasteiger charge is 2.26. The Labute approximate surface area is 132 Å². The molecule has 2 aromatic rings. The molecule has 108 valence electrons. The highest BCUT2D eigenvalue weighted by atomic mass is 79.9. The van der Waals surface area contributed by atoms with Gasteiger partial charge in [-0.25, -0.2) is 4.79 Å². The van der Waals surface area contributed by atoms with Gasteiger partial charge >= 0.3 is 5.97 Å². The van der Waals surface area contributed by atoms with Crippen molar-refractivity contribution in [1.82, 2.24) is 0 Å². The van der Waals surface area contributed by atoms with Gasteiger partial charge in [0.05, 0.1) is 0 Å². The molecule has 1 unspecified atom stereocenters. The molecule has 0 heterocycles. The van der Waals surface area contributed by atoms with E-state index in [2.05, 4.69) is 27.3 Å². The van der Waals surface area contributed by atoms with E-state index in [4.69, 9.17) is 0 Å². The van der Waals surface area contributed by atoms with Crippen molar-refractivity contribution in [2.45, 2.75) is 24.8 Å². The topological polar surface area (TPSA) is 49.3 Å². The van der Waals surface area contributed by atoms with E-state index in [-0.39, 0.29) is 0 Å². The van der Waals surface area contributed by atoms with Crippen LogP contribution in [0.2, 0.25) is 0 Å². The normalized spacial score (nSPS) is 15.5. The number of nitrogens with one attached hydrogen (secondary N) is 1. The molecule has 2 N–H and O–H groups in total. The second kappa shape index (κ2) is 5.90. The van der Waals surface area contributed by atoms with Gasteiger partial charge in [-0.2, -0.15) is 0 Å². The van der Waals surface area contributed by atoms with Gasteiger partial charge < -0.3 is 10.4 Å². The van der Waals surface area contributed by atoms with Crippen molar-refractivity contribution in [3.63, 3.8) is 0 Å². The number of para-hydroxylation sites is 1. The van der Waals surface area contributed by atoms with Gasteiger partial charge in [-0.05, 0) is 57.9 Å². The molecule has 2 aromatic carbocycles. The second-order valence-corrected chi connectivity index (χ2v) is 6.19. The number of carboxylic acids is 1. The SMILES string of the molecule is O=C(O)C(Nc1ccccc1Br)c1cccc(C2CC2)c1. The minimum atomic E-state index is -0.876. The molecule has 0 spiro atoms. The molecular weight excluding hydrogens is 330 g/mol. The van der Waals surface area contributed by atoms with Gasteiger partial charge in [0.25, 0.3) is 0 Å². The van der Waals surface area contributed by atoms with Crippen molar-refractivity contribution >= 4 is 27.6 Å². The average molecular weight is 346 g/mol. The lowest BCUT2D eigenvalue weighted by molar-refractivity contribution is -0.138. The molecule has 0 aliphatic heterocycles. The number of hydrogen-bond donors (Lipinski definition) is 2. The van der Waals surface area contributed by atoms with Gasteiger partial charge in [0, 0.05) is 10.2 Å². The first-order valence-electron chi connectivity index (χ1n) is 6.99. The summed E-state index contributed by atoms with van der Waals surface area (Å²) in [6.45, 7) is 0. The summed E-state index contributed by atoms with van der Waals surface area (Å²) in [5, 5.41) is 12.6. The average Bonchev–Trinajstić information content (AvgIpc) is 3.31. The number of anilines is 1. The van der Waals surface area contributed by atoms with Crippen molar-refractivity contribution in [2.75, 3.05) is 5.32 Å². The van der Waals surface area contributed by atoms with Crippen molar-refractivity contribution in [3.05, 3.63) is 64.1 Å². The molecule has 1 aliphatic rings. The molecule has 3 rings (SSSR count). The zero-order valence-corrected chi connectivity index (χ0v) is 13.0. The number of carbonyl (C=O) groups is 1. The third-order valence-corrected chi connectivity index (χ3v) is 4.40. The lowest BCUT2D eigenvalue weighted by Gasteiger charge is -2.18. The Morgan fingerprint density at radius 3 is 2.62 bits per heavy atom. The van der Waals surface area contributed by atoms with Gasteiger partial charge in [0.15, 0.2) is 6.04 Å². The zero-order chi connectivity index (χ0) is 14.8. The molecule has 0 radical (unpaired) electrons. The second-order valence-electron chi connectivity index (χ2n) is 5.34. The number of benzene rings is 2. The Kier molecular flexibility index (Phi) is 3.97. The summed E-state index contributed by atoms with van der Waals surface area (Å²) in [4.78, 5) is 11.6. The summed E-state index contributed by atoms with van der Waals surface area (Å²) in [6.07, 6.45) is 2.41. The predicted octanol–water partition coefficient (Wildman–Crippen LogP) is 4.56. The van der Waals surface area contributed by atoms with Crippen molar-refractivity contribution in [3.8, 4) is 0 Å². The first-order valence-corrected chi connectivity index (χ1v) is 7.78. The largest absolute Gasteiger partial charge is 0.479 e. The molecule has 0 aromatic heterocycles. The maximum atomic E-state index is 11.6. The van der Waals surface area contributed by atoms with Crippen LogP contribution in [0.25, 0.3) is 0 Å². The maximum Gasteiger partial charge on any atom is 0.330 e. The summed E-state index contributed by atoms with van der Waals surface area (Å²) >= 11 is 3.44. The van der Waals surface area contributed by atoms with E-state index in [1.807, 2.05) is 42.5 Å². The molecule has 4 heteroatoms. The molecule has 0 amide bonds. The van der Waals surface area contributed by atoms with Crippen LogP contribution in [0.1, 0.15) is 35.9 Å². The Balaban J connectivity index is 1.89. The number of rotatable bonds is 5.